The molecular formula is C17H23N3. The molecule has 0 amide bonds. The maximum Gasteiger partial charge on any atom is 0.128 e. The zero-order chi connectivity index (χ0) is 13.9. The molecule has 1 aromatic heterocycles. The van der Waals surface area contributed by atoms with Gasteiger partial charge in [0.2, 0.25) is 0 Å². The van der Waals surface area contributed by atoms with Gasteiger partial charge in [-0.15, -0.1) is 0 Å². The largest absolute Gasteiger partial charge is 0.383 e. The van der Waals surface area contributed by atoms with Crippen molar-refractivity contribution in [3.63, 3.8) is 0 Å². The minimum Gasteiger partial charge on any atom is -0.383 e. The van der Waals surface area contributed by atoms with Crippen LogP contribution in [0.25, 0.3) is 10.9 Å². The second-order valence-corrected chi connectivity index (χ2v) is 5.73. The Balaban J connectivity index is 1.87. The lowest BCUT2D eigenvalue weighted by Crippen LogP contribution is -2.32. The lowest BCUT2D eigenvalue weighted by Gasteiger charge is -2.27. The molecule has 0 unspecified atom stereocenters. The van der Waals surface area contributed by atoms with Crippen LogP contribution in [0, 0.1) is 0 Å². The van der Waals surface area contributed by atoms with E-state index in [4.69, 9.17) is 5.73 Å². The fraction of sp³-hybridized carbons (Fsp3) is 0.471. The van der Waals surface area contributed by atoms with Gasteiger partial charge in [-0.2, -0.15) is 0 Å². The summed E-state index contributed by atoms with van der Waals surface area (Å²) in [5, 5.41) is 1.18. The van der Waals surface area contributed by atoms with Crippen molar-refractivity contribution in [1.82, 2.24) is 9.88 Å². The van der Waals surface area contributed by atoms with Crippen molar-refractivity contribution >= 4 is 16.7 Å². The van der Waals surface area contributed by atoms with E-state index in [2.05, 4.69) is 35.0 Å². The first-order valence-corrected chi connectivity index (χ1v) is 7.66. The number of nitrogens with zero attached hydrogens (tertiary/aromatic N) is 2. The molecule has 0 bridgehead atoms. The van der Waals surface area contributed by atoms with Gasteiger partial charge in [-0.05, 0) is 31.5 Å². The highest BCUT2D eigenvalue weighted by Crippen LogP contribution is 2.26. The number of rotatable bonds is 4. The Bertz CT molecular complexity index is 588. The molecular weight excluding hydrogens is 246 g/mol. The van der Waals surface area contributed by atoms with Crippen molar-refractivity contribution in [2.75, 3.05) is 12.3 Å². The molecule has 106 valence electrons. The summed E-state index contributed by atoms with van der Waals surface area (Å²) >= 11 is 0. The smallest absolute Gasteiger partial charge is 0.128 e. The zero-order valence-electron chi connectivity index (χ0n) is 12.2. The molecule has 3 rings (SSSR count). The minimum atomic E-state index is 0.681. The average molecular weight is 269 g/mol. The summed E-state index contributed by atoms with van der Waals surface area (Å²) in [7, 11) is 0. The molecule has 1 aliphatic rings. The van der Waals surface area contributed by atoms with E-state index in [1.807, 2.05) is 12.1 Å². The summed E-state index contributed by atoms with van der Waals surface area (Å²) in [6.45, 7) is 4.24. The van der Waals surface area contributed by atoms with E-state index in [1.54, 1.807) is 0 Å². The summed E-state index contributed by atoms with van der Waals surface area (Å²) in [6, 6.07) is 11.1. The normalized spacial score (nSPS) is 16.3. The number of fused-ring (bicyclic) bond motifs is 1. The number of aromatic nitrogens is 1. The average Bonchev–Trinajstić information content (AvgIpc) is 2.99. The Hall–Kier alpha value is -1.61. The van der Waals surface area contributed by atoms with E-state index >= 15 is 0 Å². The third kappa shape index (κ3) is 2.63. The molecule has 2 N–H and O–H groups in total. The van der Waals surface area contributed by atoms with Crippen LogP contribution in [0.4, 0.5) is 5.82 Å². The van der Waals surface area contributed by atoms with Gasteiger partial charge in [0.15, 0.2) is 0 Å². The van der Waals surface area contributed by atoms with Crippen LogP contribution in [0.15, 0.2) is 30.3 Å². The first-order valence-electron chi connectivity index (χ1n) is 7.66. The number of pyridine rings is 1. The maximum absolute atomic E-state index is 6.15. The van der Waals surface area contributed by atoms with Gasteiger partial charge in [0.25, 0.3) is 0 Å². The molecule has 0 radical (unpaired) electrons. The molecule has 0 atom stereocenters. The Morgan fingerprint density at radius 1 is 1.25 bits per heavy atom. The number of anilines is 1. The number of hydrogen-bond donors (Lipinski definition) is 1. The number of nitrogen functional groups attached to an aromatic ring is 1. The molecule has 2 aromatic rings. The molecule has 1 fully saturated rings. The molecule has 0 saturated heterocycles. The first kappa shape index (κ1) is 13.4. The summed E-state index contributed by atoms with van der Waals surface area (Å²) in [6.07, 6.45) is 5.39. The van der Waals surface area contributed by atoms with Crippen LogP contribution >= 0.6 is 0 Å². The van der Waals surface area contributed by atoms with Gasteiger partial charge < -0.3 is 5.73 Å². The van der Waals surface area contributed by atoms with Gasteiger partial charge in [0, 0.05) is 23.5 Å². The molecule has 0 spiro atoms. The second-order valence-electron chi connectivity index (χ2n) is 5.73. The van der Waals surface area contributed by atoms with Gasteiger partial charge in [-0.1, -0.05) is 38.0 Å². The Labute approximate surface area is 120 Å². The third-order valence-corrected chi connectivity index (χ3v) is 4.46. The van der Waals surface area contributed by atoms with Crippen LogP contribution in [0.3, 0.4) is 0 Å². The fourth-order valence-corrected chi connectivity index (χ4v) is 3.29. The number of para-hydroxylation sites is 1. The lowest BCUT2D eigenvalue weighted by atomic mass is 10.1. The van der Waals surface area contributed by atoms with Crippen LogP contribution in [0.1, 0.15) is 38.2 Å². The third-order valence-electron chi connectivity index (χ3n) is 4.46. The van der Waals surface area contributed by atoms with Crippen LogP contribution < -0.4 is 5.73 Å². The van der Waals surface area contributed by atoms with Crippen molar-refractivity contribution in [3.05, 3.63) is 35.9 Å². The number of nitrogens with two attached hydrogens (primary N) is 1. The summed E-state index contributed by atoms with van der Waals surface area (Å²) in [5.41, 5.74) is 8.30. The Morgan fingerprint density at radius 3 is 2.75 bits per heavy atom. The number of benzene rings is 1. The first-order chi connectivity index (χ1) is 9.78. The second kappa shape index (κ2) is 5.80. The van der Waals surface area contributed by atoms with Crippen molar-refractivity contribution in [2.24, 2.45) is 0 Å². The lowest BCUT2D eigenvalue weighted by molar-refractivity contribution is 0.200. The predicted molar refractivity (Wildman–Crippen MR) is 84.5 cm³/mol. The molecule has 3 heteroatoms. The summed E-state index contributed by atoms with van der Waals surface area (Å²) < 4.78 is 0. The quantitative estimate of drug-likeness (QED) is 0.922. The van der Waals surface area contributed by atoms with Crippen LogP contribution in [0.5, 0.6) is 0 Å². The van der Waals surface area contributed by atoms with Crippen molar-refractivity contribution < 1.29 is 0 Å². The Morgan fingerprint density at radius 2 is 2.00 bits per heavy atom. The van der Waals surface area contributed by atoms with Gasteiger partial charge >= 0.3 is 0 Å². The highest BCUT2D eigenvalue weighted by Gasteiger charge is 2.22. The van der Waals surface area contributed by atoms with E-state index in [0.29, 0.717) is 5.82 Å². The SMILES string of the molecule is CCN(Cc1cc2ccccc2nc1N)C1CCCC1. The number of hydrogen-bond acceptors (Lipinski definition) is 3. The van der Waals surface area contributed by atoms with Crippen molar-refractivity contribution in [3.8, 4) is 0 Å². The monoisotopic (exact) mass is 269 g/mol. The van der Waals surface area contributed by atoms with Crippen LogP contribution in [0.2, 0.25) is 0 Å². The standard InChI is InChI=1S/C17H23N3/c1-2-20(15-8-4-5-9-15)12-14-11-13-7-3-6-10-16(13)19-17(14)18/h3,6-7,10-11,15H,2,4-5,8-9,12H2,1H3,(H2,18,19). The highest BCUT2D eigenvalue weighted by atomic mass is 15.2. The van der Waals surface area contributed by atoms with Gasteiger partial charge in [-0.25, -0.2) is 4.98 Å². The predicted octanol–water partition coefficient (Wildman–Crippen LogP) is 3.58. The molecule has 1 aromatic carbocycles. The molecule has 0 aliphatic heterocycles. The summed E-state index contributed by atoms with van der Waals surface area (Å²) in [5.74, 6) is 0.681. The molecule has 20 heavy (non-hydrogen) atoms. The minimum absolute atomic E-state index is 0.681. The summed E-state index contributed by atoms with van der Waals surface area (Å²) in [4.78, 5) is 7.09. The van der Waals surface area contributed by atoms with Crippen LogP contribution in [-0.4, -0.2) is 22.5 Å². The van der Waals surface area contributed by atoms with Crippen LogP contribution in [-0.2, 0) is 6.54 Å². The molecule has 1 aliphatic carbocycles. The topological polar surface area (TPSA) is 42.2 Å². The van der Waals surface area contributed by atoms with E-state index in [0.717, 1.165) is 30.2 Å². The zero-order valence-corrected chi connectivity index (χ0v) is 12.2. The molecule has 3 nitrogen and oxygen atoms in total. The van der Waals surface area contributed by atoms with E-state index in [1.165, 1.54) is 31.1 Å². The highest BCUT2D eigenvalue weighted by molar-refractivity contribution is 5.81. The molecule has 1 saturated carbocycles. The van der Waals surface area contributed by atoms with Gasteiger partial charge in [-0.3, -0.25) is 4.90 Å². The molecule has 1 heterocycles. The Kier molecular flexibility index (Phi) is 3.88. The van der Waals surface area contributed by atoms with E-state index in [-0.39, 0.29) is 0 Å². The fourth-order valence-electron chi connectivity index (χ4n) is 3.29. The van der Waals surface area contributed by atoms with E-state index in [9.17, 15) is 0 Å². The maximum atomic E-state index is 6.15. The van der Waals surface area contributed by atoms with E-state index < -0.39 is 0 Å². The van der Waals surface area contributed by atoms with Gasteiger partial charge in [0.05, 0.1) is 5.52 Å². The van der Waals surface area contributed by atoms with Gasteiger partial charge in [0.1, 0.15) is 5.82 Å². The van der Waals surface area contributed by atoms with Crippen molar-refractivity contribution in [1.29, 1.82) is 0 Å². The van der Waals surface area contributed by atoms with Crippen molar-refractivity contribution in [2.45, 2.75) is 45.2 Å².